The Bertz CT molecular complexity index is 2180. The smallest absolute Gasteiger partial charge is 0.324 e. The van der Waals surface area contributed by atoms with E-state index in [9.17, 15) is 19.5 Å². The zero-order chi connectivity index (χ0) is 42.9. The third-order valence-electron chi connectivity index (χ3n) is 12.6. The summed E-state index contributed by atoms with van der Waals surface area (Å²) in [6.45, 7) is 14.8. The second kappa shape index (κ2) is 18.4. The quantitative estimate of drug-likeness (QED) is 0.154. The second-order valence-corrected chi connectivity index (χ2v) is 18.4. The van der Waals surface area contributed by atoms with Crippen molar-refractivity contribution in [2.75, 3.05) is 53.6 Å². The standard InChI is InChI=1S/C45H61N7O7S/c1-9-51-35-15-14-29-22-31(35)32(39(51)30-12-10-16-46-37(30)28(4)57-8)23-45(5,6)25-59-44(56)33-13-11-17-52(49-33)43(55)38(48-41(54)36-26(2)27(36)3)40(42-47-34(29)24-60-42)58-21-19-50(7)18-20-53/h10,12,14-16,22,24,26-28,33,36,38,40,49,53H,9,11,13,17-21,23,25H2,1-8H3,(H,48,54)/t26-,27+,28-,33-,36?,38-,40-/m0/s1. The van der Waals surface area contributed by atoms with E-state index in [1.807, 2.05) is 44.2 Å². The molecule has 3 aliphatic rings. The minimum Gasteiger partial charge on any atom is -0.464 e. The van der Waals surface area contributed by atoms with Crippen LogP contribution in [0.3, 0.4) is 0 Å². The number of nitrogens with zero attached hydrogens (tertiary/aromatic N) is 5. The number of cyclic esters (lactones) is 1. The Morgan fingerprint density at radius 2 is 1.98 bits per heavy atom. The fraction of sp³-hybridized carbons (Fsp3) is 0.578. The van der Waals surface area contributed by atoms with Crippen molar-refractivity contribution < 1.29 is 33.7 Å². The van der Waals surface area contributed by atoms with Crippen molar-refractivity contribution >= 4 is 40.0 Å². The molecule has 7 rings (SSSR count). The highest BCUT2D eigenvalue weighted by molar-refractivity contribution is 7.10. The number of aliphatic hydroxyl groups excluding tert-OH is 1. The monoisotopic (exact) mass is 843 g/mol. The lowest BCUT2D eigenvalue weighted by Crippen LogP contribution is -2.61. The van der Waals surface area contributed by atoms with Crippen LogP contribution in [0.2, 0.25) is 0 Å². The first-order valence-corrected chi connectivity index (χ1v) is 22.2. The SMILES string of the molecule is CCn1c(-c2cccnc2[C@H](C)OC)c2c3cc(ccc31)-c1csc(n1)[C@@H](OCCN(C)CCO)[C@H](NC(=O)C1[C@@H](C)[C@H]1C)C(=O)N1CCC[C@H](N1)C(=O)OCC(C)(C)C2. The Balaban J connectivity index is 1.39. The number of carbonyl (C=O) groups is 3. The molecule has 0 radical (unpaired) electrons. The number of aliphatic hydroxyl groups is 1. The first-order chi connectivity index (χ1) is 28.8. The lowest BCUT2D eigenvalue weighted by Gasteiger charge is -2.37. The van der Waals surface area contributed by atoms with Crippen LogP contribution < -0.4 is 10.7 Å². The Morgan fingerprint density at radius 1 is 1.20 bits per heavy atom. The maximum absolute atomic E-state index is 14.8. The average molecular weight is 844 g/mol. The van der Waals surface area contributed by atoms with Gasteiger partial charge in [-0.05, 0) is 81.8 Å². The first-order valence-electron chi connectivity index (χ1n) is 21.3. The molecule has 4 aromatic rings. The highest BCUT2D eigenvalue weighted by atomic mass is 32.1. The van der Waals surface area contributed by atoms with E-state index in [1.54, 1.807) is 13.3 Å². The number of thiazole rings is 1. The predicted molar refractivity (Wildman–Crippen MR) is 231 cm³/mol. The summed E-state index contributed by atoms with van der Waals surface area (Å²) < 4.78 is 20.9. The lowest BCUT2D eigenvalue weighted by atomic mass is 9.84. The summed E-state index contributed by atoms with van der Waals surface area (Å²) in [5.74, 6) is -0.912. The largest absolute Gasteiger partial charge is 0.464 e. The van der Waals surface area contributed by atoms with Crippen LogP contribution in [0.4, 0.5) is 0 Å². The molecule has 1 aromatic carbocycles. The van der Waals surface area contributed by atoms with Gasteiger partial charge in [0, 0.05) is 78.2 Å². The number of nitrogens with one attached hydrogen (secondary N) is 2. The number of methoxy groups -OCH3 is 1. The van der Waals surface area contributed by atoms with Gasteiger partial charge in [-0.1, -0.05) is 33.8 Å². The molecule has 1 unspecified atom stereocenters. The molecule has 2 aliphatic heterocycles. The molecule has 2 amide bonds. The summed E-state index contributed by atoms with van der Waals surface area (Å²) in [5.41, 5.74) is 9.33. The average Bonchev–Trinajstić information content (AvgIpc) is 3.52. The number of pyridine rings is 1. The fourth-order valence-corrected chi connectivity index (χ4v) is 9.68. The van der Waals surface area contributed by atoms with Gasteiger partial charge in [0.15, 0.2) is 0 Å². The number of hydrazine groups is 1. The molecule has 3 N–H and O–H groups in total. The van der Waals surface area contributed by atoms with Crippen molar-refractivity contribution in [1.29, 1.82) is 0 Å². The van der Waals surface area contributed by atoms with Crippen LogP contribution in [0.5, 0.6) is 0 Å². The van der Waals surface area contributed by atoms with Crippen molar-refractivity contribution in [2.24, 2.45) is 23.2 Å². The van der Waals surface area contributed by atoms with Gasteiger partial charge in [0.05, 0.1) is 43.0 Å². The number of hydrogen-bond donors (Lipinski definition) is 3. The Morgan fingerprint density at radius 3 is 2.70 bits per heavy atom. The maximum Gasteiger partial charge on any atom is 0.324 e. The minimum absolute atomic E-state index is 0.00269. The van der Waals surface area contributed by atoms with E-state index in [4.69, 9.17) is 24.2 Å². The number of ether oxygens (including phenoxy) is 3. The van der Waals surface area contributed by atoms with Crippen LogP contribution in [0, 0.1) is 23.2 Å². The number of esters is 1. The molecule has 1 saturated heterocycles. The molecule has 14 nitrogen and oxygen atoms in total. The zero-order valence-electron chi connectivity index (χ0n) is 36.2. The molecular formula is C45H61N7O7S. The number of carbonyl (C=O) groups excluding carboxylic acids is 3. The van der Waals surface area contributed by atoms with Gasteiger partial charge in [-0.15, -0.1) is 11.3 Å². The van der Waals surface area contributed by atoms with Crippen LogP contribution >= 0.6 is 11.3 Å². The van der Waals surface area contributed by atoms with Gasteiger partial charge in [-0.2, -0.15) is 0 Å². The summed E-state index contributed by atoms with van der Waals surface area (Å²) in [5, 5.41) is 17.7. The maximum atomic E-state index is 14.8. The van der Waals surface area contributed by atoms with Crippen molar-refractivity contribution in [3.8, 4) is 22.5 Å². The van der Waals surface area contributed by atoms with Crippen LogP contribution in [0.25, 0.3) is 33.4 Å². The number of hydrogen-bond acceptors (Lipinski definition) is 12. The minimum atomic E-state index is -1.14. The van der Waals surface area contributed by atoms with E-state index in [1.165, 1.54) is 16.3 Å². The predicted octanol–water partition coefficient (Wildman–Crippen LogP) is 5.54. The van der Waals surface area contributed by atoms with E-state index < -0.39 is 35.5 Å². The fourth-order valence-electron chi connectivity index (χ4n) is 8.77. The summed E-state index contributed by atoms with van der Waals surface area (Å²) in [7, 11) is 3.58. The number of fused-ring (bicyclic) bond motifs is 6. The van der Waals surface area contributed by atoms with Crippen LogP contribution in [-0.2, 0) is 41.6 Å². The highest BCUT2D eigenvalue weighted by Gasteiger charge is 2.50. The molecular weight excluding hydrogens is 783 g/mol. The van der Waals surface area contributed by atoms with Crippen molar-refractivity contribution in [3.63, 3.8) is 0 Å². The normalized spacial score (nSPS) is 24.9. The highest BCUT2D eigenvalue weighted by Crippen LogP contribution is 2.46. The molecule has 1 saturated carbocycles. The van der Waals surface area contributed by atoms with E-state index in [-0.39, 0.29) is 49.6 Å². The van der Waals surface area contributed by atoms with Crippen molar-refractivity contribution in [3.05, 3.63) is 58.2 Å². The van der Waals surface area contributed by atoms with Gasteiger partial charge in [0.1, 0.15) is 23.2 Å². The molecule has 1 aliphatic carbocycles. The molecule has 0 spiro atoms. The first kappa shape index (κ1) is 43.8. The summed E-state index contributed by atoms with van der Waals surface area (Å²) in [4.78, 5) is 54.5. The van der Waals surface area contributed by atoms with Gasteiger partial charge < -0.3 is 34.1 Å². The van der Waals surface area contributed by atoms with E-state index in [2.05, 4.69) is 60.3 Å². The van der Waals surface area contributed by atoms with Gasteiger partial charge in [-0.25, -0.2) is 10.4 Å². The molecule has 3 aromatic heterocycles. The van der Waals surface area contributed by atoms with Crippen LogP contribution in [0.1, 0.15) is 82.9 Å². The molecule has 324 valence electrons. The summed E-state index contributed by atoms with van der Waals surface area (Å²) in [6, 6.07) is 8.55. The summed E-state index contributed by atoms with van der Waals surface area (Å²) in [6.07, 6.45) is 2.24. The topological polar surface area (TPSA) is 160 Å². The molecule has 15 heteroatoms. The number of rotatable bonds is 12. The number of amides is 2. The van der Waals surface area contributed by atoms with Crippen molar-refractivity contribution in [1.82, 2.24) is 35.2 Å². The Kier molecular flexibility index (Phi) is 13.4. The lowest BCUT2D eigenvalue weighted by molar-refractivity contribution is -0.157. The van der Waals surface area contributed by atoms with E-state index in [0.29, 0.717) is 50.4 Å². The third-order valence-corrected chi connectivity index (χ3v) is 13.5. The van der Waals surface area contributed by atoms with Gasteiger partial charge in [0.2, 0.25) is 5.91 Å². The number of aromatic nitrogens is 3. The zero-order valence-corrected chi connectivity index (χ0v) is 37.0. The second-order valence-electron chi connectivity index (χ2n) is 17.5. The molecule has 7 atom stereocenters. The van der Waals surface area contributed by atoms with Crippen molar-refractivity contribution in [2.45, 2.75) is 91.6 Å². The van der Waals surface area contributed by atoms with Gasteiger partial charge in [-0.3, -0.25) is 24.4 Å². The van der Waals surface area contributed by atoms with Gasteiger partial charge in [0.25, 0.3) is 5.91 Å². The van der Waals surface area contributed by atoms with Crippen LogP contribution in [0.15, 0.2) is 41.9 Å². The van der Waals surface area contributed by atoms with E-state index >= 15 is 0 Å². The Labute approximate surface area is 357 Å². The summed E-state index contributed by atoms with van der Waals surface area (Å²) >= 11 is 1.38. The number of likely N-dealkylation sites (N-methyl/N-ethyl adjacent to an activating group) is 1. The molecule has 60 heavy (non-hydrogen) atoms. The molecule has 5 heterocycles. The third kappa shape index (κ3) is 9.02. The molecule has 6 bridgehead atoms. The Hall–Kier alpha value is -4.25. The number of aryl methyl sites for hydroxylation is 1. The van der Waals surface area contributed by atoms with Gasteiger partial charge >= 0.3 is 5.97 Å². The molecule has 2 fully saturated rings. The van der Waals surface area contributed by atoms with Crippen LogP contribution in [-0.4, -0.2) is 113 Å². The number of benzene rings is 1. The van der Waals surface area contributed by atoms with E-state index in [0.717, 1.165) is 44.7 Å².